The Morgan fingerprint density at radius 2 is 2.05 bits per heavy atom. The Kier molecular flexibility index (Phi) is 7.52. The molecule has 6 rings (SSSR count). The number of benzene rings is 1. The molecule has 2 bridgehead atoms. The lowest BCUT2D eigenvalue weighted by atomic mass is 9.77. The fourth-order valence-corrected chi connectivity index (χ4v) is 7.69. The molecule has 2 fully saturated rings. The fourth-order valence-electron chi connectivity index (χ4n) is 6.45. The number of hydrogen-bond acceptors (Lipinski definition) is 8. The van der Waals surface area contributed by atoms with E-state index in [1.165, 1.54) is 17.5 Å². The molecule has 3 aliphatic rings. The normalized spacial score (nSPS) is 20.8. The number of thiophene rings is 1. The van der Waals surface area contributed by atoms with Gasteiger partial charge in [0, 0.05) is 47.1 Å². The summed E-state index contributed by atoms with van der Waals surface area (Å²) in [6.45, 7) is 8.87. The number of carbonyl (C=O) groups excluding carboxylic acids is 1. The predicted octanol–water partition coefficient (Wildman–Crippen LogP) is 5.80. The number of aromatic nitrogens is 1. The smallest absolute Gasteiger partial charge is 0.239 e. The van der Waals surface area contributed by atoms with E-state index in [9.17, 15) is 15.2 Å². The molecular formula is C33H35N5O3S. The molecule has 1 amide bonds. The Morgan fingerprint density at radius 3 is 2.74 bits per heavy atom. The molecule has 9 heteroatoms. The number of piperazine rings is 1. The molecule has 2 aromatic heterocycles. The van der Waals surface area contributed by atoms with Gasteiger partial charge >= 0.3 is 0 Å². The fraction of sp³-hybridized carbons (Fsp3) is 0.364. The number of rotatable bonds is 8. The summed E-state index contributed by atoms with van der Waals surface area (Å²) in [4.78, 5) is 23.0. The highest BCUT2D eigenvalue weighted by molar-refractivity contribution is 7.17. The van der Waals surface area contributed by atoms with Gasteiger partial charge in [0.2, 0.25) is 5.91 Å². The Labute approximate surface area is 250 Å². The average molecular weight is 582 g/mol. The number of nitriles is 1. The van der Waals surface area contributed by atoms with Crippen molar-refractivity contribution in [3.63, 3.8) is 0 Å². The van der Waals surface area contributed by atoms with Crippen LogP contribution in [0.5, 0.6) is 11.5 Å². The third kappa shape index (κ3) is 5.52. The maximum absolute atomic E-state index is 13.2. The number of nitrogens with one attached hydrogen (secondary N) is 1. The molecule has 0 unspecified atom stereocenters. The summed E-state index contributed by atoms with van der Waals surface area (Å²) in [5.41, 5.74) is 4.43. The van der Waals surface area contributed by atoms with Crippen molar-refractivity contribution in [1.82, 2.24) is 9.88 Å². The van der Waals surface area contributed by atoms with Crippen LogP contribution in [-0.2, 0) is 10.2 Å². The molecule has 2 saturated heterocycles. The van der Waals surface area contributed by atoms with Gasteiger partial charge in [0.15, 0.2) is 0 Å². The molecule has 0 radical (unpaired) electrons. The van der Waals surface area contributed by atoms with Gasteiger partial charge in [-0.3, -0.25) is 14.7 Å². The molecular weight excluding hydrogens is 546 g/mol. The van der Waals surface area contributed by atoms with Gasteiger partial charge in [-0.1, -0.05) is 38.1 Å². The van der Waals surface area contributed by atoms with E-state index >= 15 is 0 Å². The molecule has 1 aromatic carbocycles. The van der Waals surface area contributed by atoms with Crippen molar-refractivity contribution >= 4 is 40.1 Å². The van der Waals surface area contributed by atoms with E-state index < -0.39 is 0 Å². The summed E-state index contributed by atoms with van der Waals surface area (Å²) in [5, 5.41) is 23.7. The zero-order chi connectivity index (χ0) is 29.4. The number of hydrogen-bond donors (Lipinski definition) is 2. The highest BCUT2D eigenvalue weighted by Gasteiger charge is 2.44. The van der Waals surface area contributed by atoms with Crippen molar-refractivity contribution in [1.29, 1.82) is 5.26 Å². The van der Waals surface area contributed by atoms with Gasteiger partial charge in [0.25, 0.3) is 0 Å². The lowest BCUT2D eigenvalue weighted by Gasteiger charge is -2.35. The van der Waals surface area contributed by atoms with Crippen LogP contribution in [0.4, 0.5) is 10.7 Å². The number of amides is 1. The highest BCUT2D eigenvalue weighted by Crippen LogP contribution is 2.47. The van der Waals surface area contributed by atoms with E-state index in [0.29, 0.717) is 17.2 Å². The minimum absolute atomic E-state index is 0.0966. The maximum atomic E-state index is 13.2. The minimum Gasteiger partial charge on any atom is -0.506 e. The number of carbonyl (C=O) groups is 1. The van der Waals surface area contributed by atoms with Gasteiger partial charge in [-0.15, -0.1) is 11.3 Å². The van der Waals surface area contributed by atoms with E-state index in [4.69, 9.17) is 4.74 Å². The summed E-state index contributed by atoms with van der Waals surface area (Å²) in [6, 6.07) is 12.7. The lowest BCUT2D eigenvalue weighted by Crippen LogP contribution is -2.48. The van der Waals surface area contributed by atoms with E-state index in [-0.39, 0.29) is 35.7 Å². The molecule has 1 aliphatic carbocycles. The predicted molar refractivity (Wildman–Crippen MR) is 167 cm³/mol. The average Bonchev–Trinajstić information content (AvgIpc) is 3.65. The number of anilines is 2. The van der Waals surface area contributed by atoms with Crippen LogP contribution in [0.15, 0.2) is 54.4 Å². The summed E-state index contributed by atoms with van der Waals surface area (Å²) >= 11 is 1.52. The summed E-state index contributed by atoms with van der Waals surface area (Å²) in [5.74, 6) is 0.918. The van der Waals surface area contributed by atoms with Crippen LogP contribution in [0.25, 0.3) is 12.2 Å². The van der Waals surface area contributed by atoms with Crippen LogP contribution in [-0.4, -0.2) is 59.2 Å². The van der Waals surface area contributed by atoms with Crippen LogP contribution in [0.3, 0.4) is 0 Å². The van der Waals surface area contributed by atoms with Gasteiger partial charge < -0.3 is 20.1 Å². The Hall–Kier alpha value is -4.13. The number of aromatic hydroxyl groups is 1. The molecule has 4 heterocycles. The zero-order valence-corrected chi connectivity index (χ0v) is 24.9. The molecule has 0 spiro atoms. The lowest BCUT2D eigenvalue weighted by molar-refractivity contribution is -0.117. The van der Waals surface area contributed by atoms with Crippen molar-refractivity contribution in [2.45, 2.75) is 51.1 Å². The Bertz CT molecular complexity index is 1600. The molecule has 2 atom stereocenters. The number of pyridine rings is 1. The standard InChI is InChI=1S/C33H35N5O3S/c1-4-41-27-9-7-21(8-10-27)5-6-22-11-28-29(15-34)32(42-31(28)33(2,3)14-22)36-30(40)20-37-18-25-12-24(37)19-38(25)23-13-26(39)17-35-16-23/h5-11,13,16-17,24-25,39H,4,12,14,18-20H2,1-3H3,(H,36,40)/b6-5+/t24-,25-/m0/s1. The quantitative estimate of drug-likeness (QED) is 0.347. The number of likely N-dealkylation sites (tertiary alicyclic amines) is 1. The Morgan fingerprint density at radius 1 is 1.24 bits per heavy atom. The second kappa shape index (κ2) is 11.3. The van der Waals surface area contributed by atoms with Crippen molar-refractivity contribution < 1.29 is 14.6 Å². The van der Waals surface area contributed by atoms with E-state index in [2.05, 4.69) is 58.2 Å². The van der Waals surface area contributed by atoms with E-state index in [0.717, 1.165) is 58.9 Å². The third-order valence-corrected chi connectivity index (χ3v) is 9.81. The number of ether oxygens (including phenoxy) is 1. The molecule has 2 aliphatic heterocycles. The first-order valence-corrected chi connectivity index (χ1v) is 15.2. The summed E-state index contributed by atoms with van der Waals surface area (Å²) < 4.78 is 5.54. The van der Waals surface area contributed by atoms with Crippen LogP contribution >= 0.6 is 11.3 Å². The van der Waals surface area contributed by atoms with Crippen LogP contribution < -0.4 is 15.0 Å². The highest BCUT2D eigenvalue weighted by atomic mass is 32.1. The zero-order valence-electron chi connectivity index (χ0n) is 24.1. The van der Waals surface area contributed by atoms with Crippen LogP contribution in [0.2, 0.25) is 0 Å². The van der Waals surface area contributed by atoms with Gasteiger partial charge in [-0.25, -0.2) is 0 Å². The van der Waals surface area contributed by atoms with Gasteiger partial charge in [-0.2, -0.15) is 5.26 Å². The van der Waals surface area contributed by atoms with Crippen LogP contribution in [0.1, 0.15) is 55.2 Å². The van der Waals surface area contributed by atoms with Gasteiger partial charge in [0.1, 0.15) is 22.6 Å². The van der Waals surface area contributed by atoms with Crippen molar-refractivity contribution in [3.05, 3.63) is 75.9 Å². The monoisotopic (exact) mass is 581 g/mol. The molecule has 42 heavy (non-hydrogen) atoms. The molecule has 2 N–H and O–H groups in total. The first-order valence-electron chi connectivity index (χ1n) is 14.4. The largest absolute Gasteiger partial charge is 0.506 e. The first-order chi connectivity index (χ1) is 20.2. The first kappa shape index (κ1) is 28.0. The second-order valence-corrected chi connectivity index (χ2v) is 12.9. The minimum atomic E-state index is -0.167. The molecule has 3 aromatic rings. The van der Waals surface area contributed by atoms with E-state index in [1.54, 1.807) is 12.3 Å². The third-order valence-electron chi connectivity index (χ3n) is 8.32. The van der Waals surface area contributed by atoms with Crippen molar-refractivity contribution in [2.75, 3.05) is 36.5 Å². The number of allylic oxidation sites excluding steroid dienone is 2. The SMILES string of the molecule is CCOc1ccc(/C=C/C2=Cc3c(sc(NC(=O)CN4C[C@@H]5C[C@H]4CN5c4cncc(O)c4)c3C#N)C(C)(C)C2)cc1. The summed E-state index contributed by atoms with van der Waals surface area (Å²) in [7, 11) is 0. The Balaban J connectivity index is 1.14. The van der Waals surface area contributed by atoms with Crippen LogP contribution in [0, 0.1) is 11.3 Å². The summed E-state index contributed by atoms with van der Waals surface area (Å²) in [6.07, 6.45) is 11.3. The van der Waals surface area contributed by atoms with E-state index in [1.807, 2.05) is 31.2 Å². The topological polar surface area (TPSA) is 102 Å². The maximum Gasteiger partial charge on any atom is 0.239 e. The van der Waals surface area contributed by atoms with Crippen molar-refractivity contribution in [2.24, 2.45) is 0 Å². The molecule has 216 valence electrons. The number of fused-ring (bicyclic) bond motifs is 3. The van der Waals surface area contributed by atoms with Gasteiger partial charge in [0.05, 0.1) is 36.8 Å². The van der Waals surface area contributed by atoms with Gasteiger partial charge in [-0.05, 0) is 49.1 Å². The molecule has 0 saturated carbocycles. The number of nitrogens with zero attached hydrogens (tertiary/aromatic N) is 4. The second-order valence-electron chi connectivity index (χ2n) is 11.9. The van der Waals surface area contributed by atoms with Crippen molar-refractivity contribution in [3.8, 4) is 17.6 Å². The molecule has 8 nitrogen and oxygen atoms in total.